The molecule has 0 aromatic heterocycles. The standard InChI is InChI=1S/C17H28N2O3/c1-17(2,3)22-16(21)19-14-10-6-9-13(11-14)18-15(20)12-7-4-5-8-12/h7,13-14H,4-6,8-11H2,1-3H3,(H,18,20)(H,19,21)/t13-,14+/m1/s1. The Kier molecular flexibility index (Phi) is 5.48. The minimum atomic E-state index is -0.485. The SMILES string of the molecule is CC(C)(C)OC(=O)N[C@H]1CCC[C@@H](NC(=O)C2=CCCC2)C1. The molecular weight excluding hydrogens is 280 g/mol. The van der Waals surface area contributed by atoms with Crippen LogP contribution in [0, 0.1) is 0 Å². The lowest BCUT2D eigenvalue weighted by molar-refractivity contribution is -0.118. The maximum atomic E-state index is 12.1. The first-order valence-electron chi connectivity index (χ1n) is 8.33. The summed E-state index contributed by atoms with van der Waals surface area (Å²) < 4.78 is 5.29. The summed E-state index contributed by atoms with van der Waals surface area (Å²) in [5, 5.41) is 6.03. The van der Waals surface area contributed by atoms with Crippen molar-refractivity contribution in [2.24, 2.45) is 0 Å². The molecule has 0 unspecified atom stereocenters. The van der Waals surface area contributed by atoms with Crippen molar-refractivity contribution in [2.45, 2.75) is 83.4 Å². The summed E-state index contributed by atoms with van der Waals surface area (Å²) in [6, 6.07) is 0.217. The van der Waals surface area contributed by atoms with Gasteiger partial charge in [0.1, 0.15) is 5.60 Å². The molecule has 0 saturated heterocycles. The zero-order valence-electron chi connectivity index (χ0n) is 13.9. The zero-order valence-corrected chi connectivity index (χ0v) is 13.9. The van der Waals surface area contributed by atoms with Crippen LogP contribution in [0.15, 0.2) is 11.6 Å². The number of nitrogens with one attached hydrogen (secondary N) is 2. The Morgan fingerprint density at radius 2 is 1.82 bits per heavy atom. The van der Waals surface area contributed by atoms with Gasteiger partial charge >= 0.3 is 6.09 Å². The molecule has 0 spiro atoms. The second-order valence-corrected chi connectivity index (χ2v) is 7.30. The molecule has 5 nitrogen and oxygen atoms in total. The van der Waals surface area contributed by atoms with E-state index in [1.807, 2.05) is 26.8 Å². The molecular formula is C17H28N2O3. The molecule has 2 amide bonds. The summed E-state index contributed by atoms with van der Waals surface area (Å²) in [6.07, 6.45) is 8.34. The van der Waals surface area contributed by atoms with Crippen LogP contribution in [-0.4, -0.2) is 29.7 Å². The molecule has 2 atom stereocenters. The number of carbonyl (C=O) groups excluding carboxylic acids is 2. The molecule has 0 bridgehead atoms. The molecule has 22 heavy (non-hydrogen) atoms. The Balaban J connectivity index is 1.79. The quantitative estimate of drug-likeness (QED) is 0.842. The minimum Gasteiger partial charge on any atom is -0.444 e. The third kappa shape index (κ3) is 5.35. The Bertz CT molecular complexity index is 451. The third-order valence-corrected chi connectivity index (χ3v) is 4.06. The minimum absolute atomic E-state index is 0.0698. The fourth-order valence-corrected chi connectivity index (χ4v) is 3.08. The van der Waals surface area contributed by atoms with Gasteiger partial charge in [0.2, 0.25) is 5.91 Å². The predicted molar refractivity (Wildman–Crippen MR) is 85.5 cm³/mol. The first kappa shape index (κ1) is 16.8. The van der Waals surface area contributed by atoms with Crippen LogP contribution >= 0.6 is 0 Å². The molecule has 0 heterocycles. The molecule has 5 heteroatoms. The van der Waals surface area contributed by atoms with Crippen LogP contribution in [-0.2, 0) is 9.53 Å². The Labute approximate surface area is 132 Å². The number of hydrogen-bond donors (Lipinski definition) is 2. The van der Waals surface area contributed by atoms with Gasteiger partial charge in [0.05, 0.1) is 0 Å². The summed E-state index contributed by atoms with van der Waals surface area (Å²) in [6.45, 7) is 5.56. The van der Waals surface area contributed by atoms with Gasteiger partial charge in [-0.1, -0.05) is 6.08 Å². The van der Waals surface area contributed by atoms with Crippen molar-refractivity contribution < 1.29 is 14.3 Å². The van der Waals surface area contributed by atoms with E-state index in [-0.39, 0.29) is 24.1 Å². The second kappa shape index (κ2) is 7.16. The maximum Gasteiger partial charge on any atom is 0.407 e. The van der Waals surface area contributed by atoms with Crippen LogP contribution in [0.1, 0.15) is 65.7 Å². The lowest BCUT2D eigenvalue weighted by Gasteiger charge is -2.31. The van der Waals surface area contributed by atoms with E-state index in [0.29, 0.717) is 0 Å². The van der Waals surface area contributed by atoms with E-state index in [4.69, 9.17) is 4.74 Å². The Hall–Kier alpha value is -1.52. The van der Waals surface area contributed by atoms with Gasteiger partial charge in [-0.2, -0.15) is 0 Å². The van der Waals surface area contributed by atoms with E-state index in [1.165, 1.54) is 0 Å². The number of carbonyl (C=O) groups is 2. The molecule has 0 aromatic carbocycles. The van der Waals surface area contributed by atoms with E-state index in [1.54, 1.807) is 0 Å². The van der Waals surface area contributed by atoms with E-state index < -0.39 is 5.60 Å². The van der Waals surface area contributed by atoms with Gasteiger partial charge in [-0.05, 0) is 65.7 Å². The smallest absolute Gasteiger partial charge is 0.407 e. The van der Waals surface area contributed by atoms with Crippen molar-refractivity contribution in [3.05, 3.63) is 11.6 Å². The topological polar surface area (TPSA) is 67.4 Å². The monoisotopic (exact) mass is 308 g/mol. The second-order valence-electron chi connectivity index (χ2n) is 7.30. The predicted octanol–water partition coefficient (Wildman–Crippen LogP) is 3.05. The fraction of sp³-hybridized carbons (Fsp3) is 0.765. The number of amides is 2. The van der Waals surface area contributed by atoms with E-state index in [9.17, 15) is 9.59 Å². The summed E-state index contributed by atoms with van der Waals surface area (Å²) in [5.41, 5.74) is 0.434. The van der Waals surface area contributed by atoms with Crippen LogP contribution in [0.2, 0.25) is 0 Å². The van der Waals surface area contributed by atoms with Crippen LogP contribution in [0.5, 0.6) is 0 Å². The van der Waals surface area contributed by atoms with Gasteiger partial charge in [0.25, 0.3) is 0 Å². The van der Waals surface area contributed by atoms with Gasteiger partial charge in [0.15, 0.2) is 0 Å². The number of alkyl carbamates (subject to hydrolysis) is 1. The van der Waals surface area contributed by atoms with Crippen LogP contribution in [0.4, 0.5) is 4.79 Å². The van der Waals surface area contributed by atoms with Crippen molar-refractivity contribution in [3.8, 4) is 0 Å². The van der Waals surface area contributed by atoms with Gasteiger partial charge in [-0.25, -0.2) is 4.79 Å². The lowest BCUT2D eigenvalue weighted by atomic mass is 9.91. The fourth-order valence-electron chi connectivity index (χ4n) is 3.08. The van der Waals surface area contributed by atoms with E-state index in [0.717, 1.165) is 50.5 Å². The molecule has 1 saturated carbocycles. The first-order valence-corrected chi connectivity index (χ1v) is 8.33. The van der Waals surface area contributed by atoms with Crippen molar-refractivity contribution in [3.63, 3.8) is 0 Å². The molecule has 2 rings (SSSR count). The number of ether oxygens (including phenoxy) is 1. The van der Waals surface area contributed by atoms with E-state index in [2.05, 4.69) is 10.6 Å². The van der Waals surface area contributed by atoms with Crippen molar-refractivity contribution in [1.82, 2.24) is 10.6 Å². The average Bonchev–Trinajstić information content (AvgIpc) is 2.90. The third-order valence-electron chi connectivity index (χ3n) is 4.06. The molecule has 0 aliphatic heterocycles. The van der Waals surface area contributed by atoms with E-state index >= 15 is 0 Å². The van der Waals surface area contributed by atoms with Crippen molar-refractivity contribution in [2.75, 3.05) is 0 Å². The summed E-state index contributed by atoms with van der Waals surface area (Å²) in [5.74, 6) is 0.0698. The van der Waals surface area contributed by atoms with Gasteiger partial charge in [-0.3, -0.25) is 4.79 Å². The summed E-state index contributed by atoms with van der Waals surface area (Å²) in [7, 11) is 0. The van der Waals surface area contributed by atoms with Gasteiger partial charge < -0.3 is 15.4 Å². The zero-order chi connectivity index (χ0) is 16.2. The number of rotatable bonds is 3. The molecule has 0 radical (unpaired) electrons. The Morgan fingerprint density at radius 3 is 2.41 bits per heavy atom. The maximum absolute atomic E-state index is 12.1. The Morgan fingerprint density at radius 1 is 1.14 bits per heavy atom. The lowest BCUT2D eigenvalue weighted by Crippen LogP contribution is -2.47. The van der Waals surface area contributed by atoms with Gasteiger partial charge in [0, 0.05) is 17.7 Å². The van der Waals surface area contributed by atoms with Crippen molar-refractivity contribution >= 4 is 12.0 Å². The normalized spacial score (nSPS) is 25.3. The number of hydrogen-bond acceptors (Lipinski definition) is 3. The van der Waals surface area contributed by atoms with Crippen LogP contribution in [0.3, 0.4) is 0 Å². The highest BCUT2D eigenvalue weighted by Crippen LogP contribution is 2.22. The molecule has 2 N–H and O–H groups in total. The molecule has 1 fully saturated rings. The highest BCUT2D eigenvalue weighted by Gasteiger charge is 2.27. The molecule has 0 aromatic rings. The highest BCUT2D eigenvalue weighted by molar-refractivity contribution is 5.93. The molecule has 124 valence electrons. The van der Waals surface area contributed by atoms with Crippen LogP contribution < -0.4 is 10.6 Å². The molecule has 2 aliphatic rings. The van der Waals surface area contributed by atoms with Gasteiger partial charge in [-0.15, -0.1) is 0 Å². The largest absolute Gasteiger partial charge is 0.444 e. The highest BCUT2D eigenvalue weighted by atomic mass is 16.6. The molecule has 2 aliphatic carbocycles. The first-order chi connectivity index (χ1) is 10.3. The summed E-state index contributed by atoms with van der Waals surface area (Å²) >= 11 is 0. The van der Waals surface area contributed by atoms with Crippen LogP contribution in [0.25, 0.3) is 0 Å². The number of allylic oxidation sites excluding steroid dienone is 1. The van der Waals surface area contributed by atoms with Crippen molar-refractivity contribution in [1.29, 1.82) is 0 Å². The average molecular weight is 308 g/mol. The summed E-state index contributed by atoms with van der Waals surface area (Å²) in [4.78, 5) is 24.0.